The van der Waals surface area contributed by atoms with E-state index in [0.717, 1.165) is 13.4 Å². The van der Waals surface area contributed by atoms with Gasteiger partial charge < -0.3 is 10.2 Å². The van der Waals surface area contributed by atoms with Crippen LogP contribution < -0.4 is 9.62 Å². The number of nitrogens with one attached hydrogen (secondary N) is 1. The van der Waals surface area contributed by atoms with E-state index < -0.39 is 28.5 Å². The number of benzene rings is 4. The van der Waals surface area contributed by atoms with Crippen LogP contribution in [0.2, 0.25) is 5.02 Å². The van der Waals surface area contributed by atoms with E-state index in [0.29, 0.717) is 22.7 Å². The van der Waals surface area contributed by atoms with Crippen molar-refractivity contribution in [1.82, 2.24) is 10.2 Å². The lowest BCUT2D eigenvalue weighted by Crippen LogP contribution is -2.54. The van der Waals surface area contributed by atoms with E-state index in [1.165, 1.54) is 17.0 Å². The van der Waals surface area contributed by atoms with E-state index >= 15 is 0 Å². The molecule has 0 spiro atoms. The number of sulfonamides is 1. The summed E-state index contributed by atoms with van der Waals surface area (Å²) in [4.78, 5) is 29.9. The minimum absolute atomic E-state index is 0.0523. The molecule has 2 atom stereocenters. The number of hydrogen-bond acceptors (Lipinski definition) is 4. The molecule has 4 aromatic rings. The first-order chi connectivity index (χ1) is 21.1. The summed E-state index contributed by atoms with van der Waals surface area (Å²) < 4.78 is 30.1. The molecule has 0 aliphatic heterocycles. The predicted octanol–water partition coefficient (Wildman–Crippen LogP) is 6.69. The molecule has 0 saturated heterocycles. The van der Waals surface area contributed by atoms with Crippen molar-refractivity contribution < 1.29 is 18.0 Å². The summed E-state index contributed by atoms with van der Waals surface area (Å²) in [6.45, 7) is 3.42. The molecule has 0 bridgehead atoms. The fraction of sp³-hybridized carbons (Fsp3) is 0.235. The topological polar surface area (TPSA) is 86.8 Å². The molecule has 4 rings (SSSR count). The summed E-state index contributed by atoms with van der Waals surface area (Å²) in [5.74, 6) is -0.839. The van der Waals surface area contributed by atoms with E-state index in [-0.39, 0.29) is 29.8 Å². The molecule has 0 saturated carbocycles. The van der Waals surface area contributed by atoms with Crippen LogP contribution in [-0.2, 0) is 32.6 Å². The Morgan fingerprint density at radius 1 is 0.864 bits per heavy atom. The molecule has 0 unspecified atom stereocenters. The highest BCUT2D eigenvalue weighted by Crippen LogP contribution is 2.26. The zero-order valence-corrected chi connectivity index (χ0v) is 28.3. The number of hydrogen-bond donors (Lipinski definition) is 1. The third-order valence-corrected chi connectivity index (χ3v) is 9.98. The van der Waals surface area contributed by atoms with Gasteiger partial charge in [-0.1, -0.05) is 79.2 Å². The van der Waals surface area contributed by atoms with Gasteiger partial charge in [0, 0.05) is 27.6 Å². The van der Waals surface area contributed by atoms with Crippen LogP contribution in [0.1, 0.15) is 31.4 Å². The van der Waals surface area contributed by atoms with Crippen LogP contribution >= 0.6 is 34.2 Å². The average molecular weight is 744 g/mol. The van der Waals surface area contributed by atoms with E-state index in [2.05, 4.69) is 27.9 Å². The molecule has 0 radical (unpaired) electrons. The van der Waals surface area contributed by atoms with Crippen molar-refractivity contribution in [2.45, 2.75) is 50.2 Å². The largest absolute Gasteiger partial charge is 0.352 e. The van der Waals surface area contributed by atoms with E-state index in [9.17, 15) is 18.0 Å². The van der Waals surface area contributed by atoms with Gasteiger partial charge in [0.1, 0.15) is 12.6 Å². The summed E-state index contributed by atoms with van der Waals surface area (Å²) in [6.07, 6.45) is 0.951. The summed E-state index contributed by atoms with van der Waals surface area (Å²) in [7, 11) is -4.14. The predicted molar refractivity (Wildman–Crippen MR) is 184 cm³/mol. The molecule has 0 fully saturated rings. The van der Waals surface area contributed by atoms with Gasteiger partial charge in [-0.05, 0) is 95.6 Å². The van der Waals surface area contributed by atoms with Gasteiger partial charge in [-0.3, -0.25) is 13.9 Å². The van der Waals surface area contributed by atoms with Gasteiger partial charge >= 0.3 is 0 Å². The van der Waals surface area contributed by atoms with Gasteiger partial charge in [0.05, 0.1) is 10.6 Å². The van der Waals surface area contributed by atoms with Crippen LogP contribution in [0.25, 0.3) is 0 Å². The molecule has 10 heteroatoms. The Morgan fingerprint density at radius 2 is 1.48 bits per heavy atom. The second kappa shape index (κ2) is 15.5. The van der Waals surface area contributed by atoms with Gasteiger partial charge in [0.2, 0.25) is 11.8 Å². The SMILES string of the molecule is CC[C@@H](C)NC(=O)[C@H](Cc1ccccc1)N(Cc1cccc(Cl)c1)C(=O)CN(c1ccc(I)cc1)S(=O)(=O)c1ccccc1. The van der Waals surface area contributed by atoms with E-state index in [1.807, 2.05) is 50.2 Å². The monoisotopic (exact) mass is 743 g/mol. The first-order valence-corrected chi connectivity index (χ1v) is 17.2. The highest BCUT2D eigenvalue weighted by molar-refractivity contribution is 14.1. The van der Waals surface area contributed by atoms with Crippen molar-refractivity contribution in [3.05, 3.63) is 129 Å². The number of carbonyl (C=O) groups is 2. The standard InChI is InChI=1S/C34H35ClIN3O4S/c1-3-25(2)37-34(41)32(22-26-11-6-4-7-12-26)38(23-27-13-10-14-28(35)21-27)33(40)24-39(30-19-17-29(36)18-20-30)44(42,43)31-15-8-5-9-16-31/h4-21,25,32H,3,22-24H2,1-2H3,(H,37,41)/t25-,32+/m1/s1. The van der Waals surface area contributed by atoms with Crippen molar-refractivity contribution in [3.8, 4) is 0 Å². The fourth-order valence-corrected chi connectivity index (χ4v) is 6.69. The van der Waals surface area contributed by atoms with Gasteiger partial charge in [-0.15, -0.1) is 0 Å². The number of carbonyl (C=O) groups excluding carboxylic acids is 2. The lowest BCUT2D eigenvalue weighted by Gasteiger charge is -2.34. The molecule has 0 aliphatic carbocycles. The summed E-state index contributed by atoms with van der Waals surface area (Å²) in [6, 6.07) is 30.5. The number of halogens is 2. The summed E-state index contributed by atoms with van der Waals surface area (Å²) in [5.41, 5.74) is 1.92. The Kier molecular flexibility index (Phi) is 11.8. The smallest absolute Gasteiger partial charge is 0.264 e. The van der Waals surface area contributed by atoms with Crippen LogP contribution in [0, 0.1) is 3.57 Å². The number of nitrogens with zero attached hydrogens (tertiary/aromatic N) is 2. The summed E-state index contributed by atoms with van der Waals surface area (Å²) in [5, 5.41) is 3.53. The average Bonchev–Trinajstić information content (AvgIpc) is 3.02. The minimum Gasteiger partial charge on any atom is -0.352 e. The molecule has 4 aromatic carbocycles. The molecule has 230 valence electrons. The molecule has 44 heavy (non-hydrogen) atoms. The zero-order valence-electron chi connectivity index (χ0n) is 24.6. The third kappa shape index (κ3) is 8.83. The van der Waals surface area contributed by atoms with E-state index in [4.69, 9.17) is 11.6 Å². The van der Waals surface area contributed by atoms with Crippen LogP contribution in [-0.4, -0.2) is 43.8 Å². The first-order valence-electron chi connectivity index (χ1n) is 14.3. The van der Waals surface area contributed by atoms with Crippen molar-refractivity contribution in [2.24, 2.45) is 0 Å². The lowest BCUT2D eigenvalue weighted by atomic mass is 10.0. The Bertz CT molecular complexity index is 1660. The van der Waals surface area contributed by atoms with Crippen molar-refractivity contribution >= 4 is 61.7 Å². The second-order valence-corrected chi connectivity index (χ2v) is 14.0. The van der Waals surface area contributed by atoms with Gasteiger partial charge in [-0.2, -0.15) is 0 Å². The lowest BCUT2D eigenvalue weighted by molar-refractivity contribution is -0.140. The van der Waals surface area contributed by atoms with Gasteiger partial charge in [0.25, 0.3) is 10.0 Å². The Balaban J connectivity index is 1.80. The molecular weight excluding hydrogens is 709 g/mol. The van der Waals surface area contributed by atoms with E-state index in [1.54, 1.807) is 60.7 Å². The van der Waals surface area contributed by atoms with Crippen molar-refractivity contribution in [2.75, 3.05) is 10.8 Å². The maximum Gasteiger partial charge on any atom is 0.264 e. The van der Waals surface area contributed by atoms with Crippen molar-refractivity contribution in [1.29, 1.82) is 0 Å². The van der Waals surface area contributed by atoms with Crippen LogP contribution in [0.3, 0.4) is 0 Å². The maximum atomic E-state index is 14.5. The molecule has 0 aliphatic rings. The Labute approximate surface area is 278 Å². The number of amides is 2. The highest BCUT2D eigenvalue weighted by atomic mass is 127. The molecular formula is C34H35ClIN3O4S. The molecule has 2 amide bonds. The van der Waals surface area contributed by atoms with Crippen LogP contribution in [0.5, 0.6) is 0 Å². The third-order valence-electron chi connectivity index (χ3n) is 7.24. The first kappa shape index (κ1) is 33.5. The summed E-state index contributed by atoms with van der Waals surface area (Å²) >= 11 is 8.45. The quantitative estimate of drug-likeness (QED) is 0.155. The van der Waals surface area contributed by atoms with Crippen LogP contribution in [0.4, 0.5) is 5.69 Å². The molecule has 0 aromatic heterocycles. The number of rotatable bonds is 13. The molecule has 7 nitrogen and oxygen atoms in total. The maximum absolute atomic E-state index is 14.5. The Hall–Kier alpha value is -3.41. The molecule has 0 heterocycles. The second-order valence-electron chi connectivity index (χ2n) is 10.5. The Morgan fingerprint density at radius 3 is 2.09 bits per heavy atom. The highest BCUT2D eigenvalue weighted by Gasteiger charge is 2.35. The minimum atomic E-state index is -4.14. The van der Waals surface area contributed by atoms with Gasteiger partial charge in [0.15, 0.2) is 0 Å². The van der Waals surface area contributed by atoms with Crippen molar-refractivity contribution in [3.63, 3.8) is 0 Å². The zero-order chi connectivity index (χ0) is 31.7. The number of anilines is 1. The normalized spacial score (nSPS) is 12.6. The fourth-order valence-electron chi connectivity index (χ4n) is 4.68. The van der Waals surface area contributed by atoms with Crippen LogP contribution in [0.15, 0.2) is 114 Å². The van der Waals surface area contributed by atoms with Gasteiger partial charge in [-0.25, -0.2) is 8.42 Å². The molecule has 1 N–H and O–H groups in total.